The SMILES string of the molecule is CCC(C)N(C)CCNC(=O)NCc1ccc(OC)c(OC)c1. The monoisotopic (exact) mass is 323 g/mol. The number of carbonyl (C=O) groups excluding carboxylic acids is 1. The van der Waals surface area contributed by atoms with Crippen molar-refractivity contribution in [2.75, 3.05) is 34.4 Å². The van der Waals surface area contributed by atoms with Crippen molar-refractivity contribution in [3.05, 3.63) is 23.8 Å². The Kier molecular flexibility index (Phi) is 8.26. The van der Waals surface area contributed by atoms with Gasteiger partial charge in [0, 0.05) is 25.7 Å². The molecule has 1 unspecified atom stereocenters. The molecule has 0 saturated carbocycles. The van der Waals surface area contributed by atoms with E-state index in [0.717, 1.165) is 18.5 Å². The number of ether oxygens (including phenoxy) is 2. The smallest absolute Gasteiger partial charge is 0.315 e. The van der Waals surface area contributed by atoms with Gasteiger partial charge in [0.1, 0.15) is 0 Å². The molecule has 1 atom stereocenters. The molecule has 0 aliphatic heterocycles. The van der Waals surface area contributed by atoms with E-state index in [1.54, 1.807) is 14.2 Å². The molecule has 2 amide bonds. The van der Waals surface area contributed by atoms with Crippen molar-refractivity contribution in [3.8, 4) is 11.5 Å². The molecule has 1 rings (SSSR count). The number of benzene rings is 1. The van der Waals surface area contributed by atoms with Gasteiger partial charge in [-0.2, -0.15) is 0 Å². The number of methoxy groups -OCH3 is 2. The summed E-state index contributed by atoms with van der Waals surface area (Å²) in [6.45, 7) is 6.23. The summed E-state index contributed by atoms with van der Waals surface area (Å²) in [6, 6.07) is 5.94. The number of urea groups is 1. The molecule has 0 saturated heterocycles. The average molecular weight is 323 g/mol. The third-order valence-electron chi connectivity index (χ3n) is 3.99. The summed E-state index contributed by atoms with van der Waals surface area (Å²) < 4.78 is 10.4. The quantitative estimate of drug-likeness (QED) is 0.731. The third-order valence-corrected chi connectivity index (χ3v) is 3.99. The van der Waals surface area contributed by atoms with Crippen LogP contribution in [0.15, 0.2) is 18.2 Å². The Bertz CT molecular complexity index is 494. The lowest BCUT2D eigenvalue weighted by Crippen LogP contribution is -2.41. The number of amides is 2. The number of carbonyl (C=O) groups is 1. The number of hydrogen-bond acceptors (Lipinski definition) is 4. The number of nitrogens with zero attached hydrogens (tertiary/aromatic N) is 1. The van der Waals surface area contributed by atoms with Crippen LogP contribution in [-0.2, 0) is 6.54 Å². The predicted octanol–water partition coefficient (Wildman–Crippen LogP) is 2.23. The summed E-state index contributed by atoms with van der Waals surface area (Å²) in [5, 5.41) is 5.71. The van der Waals surface area contributed by atoms with Gasteiger partial charge in [-0.05, 0) is 38.1 Å². The lowest BCUT2D eigenvalue weighted by atomic mass is 10.2. The van der Waals surface area contributed by atoms with Crippen LogP contribution in [0.4, 0.5) is 4.79 Å². The summed E-state index contributed by atoms with van der Waals surface area (Å²) in [5.41, 5.74) is 0.953. The molecule has 130 valence electrons. The maximum absolute atomic E-state index is 11.8. The van der Waals surface area contributed by atoms with Gasteiger partial charge in [0.2, 0.25) is 0 Å². The van der Waals surface area contributed by atoms with Crippen molar-refractivity contribution >= 4 is 6.03 Å². The predicted molar refractivity (Wildman–Crippen MR) is 92.2 cm³/mol. The van der Waals surface area contributed by atoms with Crippen LogP contribution in [0, 0.1) is 0 Å². The summed E-state index contributed by atoms with van der Waals surface area (Å²) in [5.74, 6) is 1.33. The molecule has 0 aliphatic carbocycles. The fourth-order valence-corrected chi connectivity index (χ4v) is 2.11. The second kappa shape index (κ2) is 9.94. The van der Waals surface area contributed by atoms with Gasteiger partial charge < -0.3 is 25.0 Å². The Labute approximate surface area is 139 Å². The largest absolute Gasteiger partial charge is 0.493 e. The number of nitrogens with one attached hydrogen (secondary N) is 2. The van der Waals surface area contributed by atoms with Crippen molar-refractivity contribution in [1.82, 2.24) is 15.5 Å². The second-order valence-electron chi connectivity index (χ2n) is 5.54. The van der Waals surface area contributed by atoms with Crippen molar-refractivity contribution in [1.29, 1.82) is 0 Å². The molecule has 6 heteroatoms. The molecular formula is C17H29N3O3. The molecule has 0 bridgehead atoms. The van der Waals surface area contributed by atoms with Gasteiger partial charge in [0.25, 0.3) is 0 Å². The molecule has 0 aromatic heterocycles. The van der Waals surface area contributed by atoms with Crippen molar-refractivity contribution in [3.63, 3.8) is 0 Å². The maximum Gasteiger partial charge on any atom is 0.315 e. The zero-order valence-corrected chi connectivity index (χ0v) is 14.8. The van der Waals surface area contributed by atoms with E-state index >= 15 is 0 Å². The highest BCUT2D eigenvalue weighted by Gasteiger charge is 2.08. The normalized spacial score (nSPS) is 11.9. The number of hydrogen-bond donors (Lipinski definition) is 2. The lowest BCUT2D eigenvalue weighted by molar-refractivity contribution is 0.230. The van der Waals surface area contributed by atoms with E-state index in [1.807, 2.05) is 18.2 Å². The van der Waals surface area contributed by atoms with Gasteiger partial charge in [-0.25, -0.2) is 4.79 Å². The van der Waals surface area contributed by atoms with E-state index in [-0.39, 0.29) is 6.03 Å². The van der Waals surface area contributed by atoms with Crippen LogP contribution in [0.1, 0.15) is 25.8 Å². The average Bonchev–Trinajstić information content (AvgIpc) is 2.58. The molecule has 1 aromatic rings. The molecule has 0 fully saturated rings. The van der Waals surface area contributed by atoms with Crippen LogP contribution in [0.5, 0.6) is 11.5 Å². The second-order valence-corrected chi connectivity index (χ2v) is 5.54. The Morgan fingerprint density at radius 2 is 1.91 bits per heavy atom. The molecule has 6 nitrogen and oxygen atoms in total. The molecular weight excluding hydrogens is 294 g/mol. The topological polar surface area (TPSA) is 62.8 Å². The molecule has 0 heterocycles. The first kappa shape index (κ1) is 19.1. The van der Waals surface area contributed by atoms with Crippen LogP contribution in [0.25, 0.3) is 0 Å². The number of rotatable bonds is 9. The first-order valence-electron chi connectivity index (χ1n) is 7.94. The van der Waals surface area contributed by atoms with E-state index in [4.69, 9.17) is 9.47 Å². The van der Waals surface area contributed by atoms with Crippen LogP contribution in [0.3, 0.4) is 0 Å². The summed E-state index contributed by atoms with van der Waals surface area (Å²) in [4.78, 5) is 14.0. The highest BCUT2D eigenvalue weighted by molar-refractivity contribution is 5.73. The van der Waals surface area contributed by atoms with Crippen LogP contribution < -0.4 is 20.1 Å². The minimum atomic E-state index is -0.169. The highest BCUT2D eigenvalue weighted by atomic mass is 16.5. The summed E-state index contributed by atoms with van der Waals surface area (Å²) in [6.07, 6.45) is 1.10. The maximum atomic E-state index is 11.8. The lowest BCUT2D eigenvalue weighted by Gasteiger charge is -2.23. The summed E-state index contributed by atoms with van der Waals surface area (Å²) >= 11 is 0. The Morgan fingerprint density at radius 1 is 1.22 bits per heavy atom. The van der Waals surface area contributed by atoms with Gasteiger partial charge in [-0.15, -0.1) is 0 Å². The molecule has 0 radical (unpaired) electrons. The third kappa shape index (κ3) is 6.36. The van der Waals surface area contributed by atoms with E-state index in [2.05, 4.69) is 36.4 Å². The number of likely N-dealkylation sites (N-methyl/N-ethyl adjacent to an activating group) is 1. The Balaban J connectivity index is 2.36. The Morgan fingerprint density at radius 3 is 2.52 bits per heavy atom. The molecule has 0 spiro atoms. The Hall–Kier alpha value is -1.95. The van der Waals surface area contributed by atoms with Gasteiger partial charge in [-0.3, -0.25) is 0 Å². The van der Waals surface area contributed by atoms with Crippen LogP contribution in [-0.4, -0.2) is 51.3 Å². The van der Waals surface area contributed by atoms with Gasteiger partial charge in [-0.1, -0.05) is 13.0 Å². The van der Waals surface area contributed by atoms with E-state index in [9.17, 15) is 4.79 Å². The van der Waals surface area contributed by atoms with E-state index in [0.29, 0.717) is 30.6 Å². The van der Waals surface area contributed by atoms with Gasteiger partial charge in [0.15, 0.2) is 11.5 Å². The standard InChI is InChI=1S/C17H29N3O3/c1-6-13(2)20(3)10-9-18-17(21)19-12-14-7-8-15(22-4)16(11-14)23-5/h7-8,11,13H,6,9-10,12H2,1-5H3,(H2,18,19,21). The van der Waals surface area contributed by atoms with E-state index in [1.165, 1.54) is 0 Å². The van der Waals surface area contributed by atoms with Gasteiger partial charge in [0.05, 0.1) is 14.2 Å². The fraction of sp³-hybridized carbons (Fsp3) is 0.588. The van der Waals surface area contributed by atoms with Crippen LogP contribution >= 0.6 is 0 Å². The molecule has 23 heavy (non-hydrogen) atoms. The van der Waals surface area contributed by atoms with Crippen molar-refractivity contribution in [2.45, 2.75) is 32.9 Å². The zero-order chi connectivity index (χ0) is 17.2. The molecule has 0 aliphatic rings. The molecule has 1 aromatic carbocycles. The first-order valence-corrected chi connectivity index (χ1v) is 7.94. The van der Waals surface area contributed by atoms with Crippen molar-refractivity contribution in [2.24, 2.45) is 0 Å². The minimum absolute atomic E-state index is 0.169. The van der Waals surface area contributed by atoms with E-state index < -0.39 is 0 Å². The molecule has 2 N–H and O–H groups in total. The first-order chi connectivity index (χ1) is 11.0. The van der Waals surface area contributed by atoms with Gasteiger partial charge >= 0.3 is 6.03 Å². The zero-order valence-electron chi connectivity index (χ0n) is 14.8. The fourth-order valence-electron chi connectivity index (χ4n) is 2.11. The highest BCUT2D eigenvalue weighted by Crippen LogP contribution is 2.27. The summed E-state index contributed by atoms with van der Waals surface area (Å²) in [7, 11) is 5.26. The van der Waals surface area contributed by atoms with Crippen LogP contribution in [0.2, 0.25) is 0 Å². The van der Waals surface area contributed by atoms with Crippen molar-refractivity contribution < 1.29 is 14.3 Å². The minimum Gasteiger partial charge on any atom is -0.493 e.